The van der Waals surface area contributed by atoms with Crippen LogP contribution < -0.4 is 10.2 Å². The highest BCUT2D eigenvalue weighted by atomic mass is 16.2. The molecule has 3 aliphatic carbocycles. The first-order valence-corrected chi connectivity index (χ1v) is 9.97. The normalized spacial score (nSPS) is 27.2. The lowest BCUT2D eigenvalue weighted by molar-refractivity contribution is -0.124. The molecule has 0 spiro atoms. The lowest BCUT2D eigenvalue weighted by atomic mass is 9.63. The number of rotatable bonds is 4. The summed E-state index contributed by atoms with van der Waals surface area (Å²) in [6.45, 7) is 0. The molecule has 29 heavy (non-hydrogen) atoms. The van der Waals surface area contributed by atoms with Gasteiger partial charge in [0, 0.05) is 6.20 Å². The Labute approximate surface area is 168 Å². The van der Waals surface area contributed by atoms with E-state index in [1.54, 1.807) is 48.8 Å². The Hall–Kier alpha value is -3.28. The average Bonchev–Trinajstić information content (AvgIpc) is 3.03. The van der Waals surface area contributed by atoms with Gasteiger partial charge in [-0.2, -0.15) is 0 Å². The van der Waals surface area contributed by atoms with Crippen LogP contribution >= 0.6 is 0 Å². The summed E-state index contributed by atoms with van der Waals surface area (Å²) in [6.07, 6.45) is 9.65. The summed E-state index contributed by atoms with van der Waals surface area (Å²) >= 11 is 0. The number of nitrogens with zero attached hydrogens (tertiary/aromatic N) is 2. The van der Waals surface area contributed by atoms with Crippen molar-refractivity contribution in [1.82, 2.24) is 4.98 Å². The van der Waals surface area contributed by atoms with E-state index in [1.807, 2.05) is 0 Å². The number of aromatic nitrogens is 1. The molecule has 6 nitrogen and oxygen atoms in total. The largest absolute Gasteiger partial charge is 0.324 e. The summed E-state index contributed by atoms with van der Waals surface area (Å²) in [6, 6.07) is 10.7. The van der Waals surface area contributed by atoms with Crippen molar-refractivity contribution < 1.29 is 14.4 Å². The van der Waals surface area contributed by atoms with Crippen molar-refractivity contribution in [3.05, 3.63) is 66.5 Å². The first-order valence-electron chi connectivity index (χ1n) is 9.97. The molecule has 1 aliphatic heterocycles. The van der Waals surface area contributed by atoms with E-state index in [0.717, 1.165) is 18.4 Å². The minimum atomic E-state index is -0.212. The van der Waals surface area contributed by atoms with Crippen molar-refractivity contribution in [1.29, 1.82) is 0 Å². The van der Waals surface area contributed by atoms with Crippen LogP contribution in [0.5, 0.6) is 0 Å². The van der Waals surface area contributed by atoms with Gasteiger partial charge >= 0.3 is 0 Å². The summed E-state index contributed by atoms with van der Waals surface area (Å²) in [5, 5.41) is 2.80. The number of anilines is 2. The molecule has 1 saturated heterocycles. The number of allylic oxidation sites excluding steroid dienone is 2. The van der Waals surface area contributed by atoms with E-state index in [2.05, 4.69) is 22.5 Å². The molecule has 146 valence electrons. The SMILES string of the molecule is O=C(Cc1ccc(N2C(=O)C3C4C=CC(CC4)C3C2=O)cc1)Nc1cccnc1. The topological polar surface area (TPSA) is 79.4 Å². The molecule has 6 rings (SSSR count). The van der Waals surface area contributed by atoms with Crippen LogP contribution in [0, 0.1) is 23.7 Å². The Morgan fingerprint density at radius 1 is 1.00 bits per heavy atom. The van der Waals surface area contributed by atoms with Gasteiger partial charge in [0.05, 0.1) is 35.8 Å². The van der Waals surface area contributed by atoms with Crippen LogP contribution in [0.2, 0.25) is 0 Å². The average molecular weight is 387 g/mol. The predicted octanol–water partition coefficient (Wildman–Crippen LogP) is 2.96. The van der Waals surface area contributed by atoms with Gasteiger partial charge in [-0.15, -0.1) is 0 Å². The molecule has 6 heteroatoms. The highest BCUT2D eigenvalue weighted by Crippen LogP contribution is 2.50. The minimum Gasteiger partial charge on any atom is -0.324 e. The van der Waals surface area contributed by atoms with Crippen LogP contribution in [-0.4, -0.2) is 22.7 Å². The molecular formula is C23H21N3O3. The Morgan fingerprint density at radius 3 is 2.21 bits per heavy atom. The van der Waals surface area contributed by atoms with Gasteiger partial charge in [-0.25, -0.2) is 0 Å². The molecule has 1 aromatic heterocycles. The van der Waals surface area contributed by atoms with Crippen LogP contribution in [0.3, 0.4) is 0 Å². The molecule has 4 unspecified atom stereocenters. The van der Waals surface area contributed by atoms with E-state index in [9.17, 15) is 14.4 Å². The number of carbonyl (C=O) groups excluding carboxylic acids is 3. The van der Waals surface area contributed by atoms with Crippen LogP contribution in [0.25, 0.3) is 0 Å². The molecule has 2 bridgehead atoms. The van der Waals surface area contributed by atoms with E-state index >= 15 is 0 Å². The first kappa shape index (κ1) is 17.8. The Bertz CT molecular complexity index is 968. The molecule has 1 N–H and O–H groups in total. The molecule has 4 atom stereocenters. The summed E-state index contributed by atoms with van der Waals surface area (Å²) in [4.78, 5) is 43.6. The van der Waals surface area contributed by atoms with E-state index in [4.69, 9.17) is 0 Å². The van der Waals surface area contributed by atoms with Crippen LogP contribution in [-0.2, 0) is 20.8 Å². The number of amides is 3. The van der Waals surface area contributed by atoms with Crippen LogP contribution in [0.4, 0.5) is 11.4 Å². The number of hydrogen-bond acceptors (Lipinski definition) is 4. The van der Waals surface area contributed by atoms with Crippen molar-refractivity contribution in [2.75, 3.05) is 10.2 Å². The second-order valence-electron chi connectivity index (χ2n) is 7.99. The molecular weight excluding hydrogens is 366 g/mol. The number of pyridine rings is 1. The van der Waals surface area contributed by atoms with Gasteiger partial charge in [0.25, 0.3) is 0 Å². The van der Waals surface area contributed by atoms with Crippen LogP contribution in [0.15, 0.2) is 60.9 Å². The molecule has 0 radical (unpaired) electrons. The third-order valence-corrected chi connectivity index (χ3v) is 6.26. The maximum Gasteiger partial charge on any atom is 0.238 e. The fourth-order valence-electron chi connectivity index (χ4n) is 4.92. The maximum atomic E-state index is 13.0. The van der Waals surface area contributed by atoms with Crippen molar-refractivity contribution in [3.8, 4) is 0 Å². The van der Waals surface area contributed by atoms with Crippen molar-refractivity contribution in [2.45, 2.75) is 19.3 Å². The van der Waals surface area contributed by atoms with Crippen molar-refractivity contribution in [3.63, 3.8) is 0 Å². The molecule has 2 aromatic rings. The fourth-order valence-corrected chi connectivity index (χ4v) is 4.92. The van der Waals surface area contributed by atoms with Gasteiger partial charge in [0.2, 0.25) is 17.7 Å². The van der Waals surface area contributed by atoms with Gasteiger partial charge in [-0.3, -0.25) is 24.3 Å². The molecule has 2 heterocycles. The highest BCUT2D eigenvalue weighted by Gasteiger charge is 2.56. The Balaban J connectivity index is 1.30. The molecule has 2 fully saturated rings. The fraction of sp³-hybridized carbons (Fsp3) is 0.304. The summed E-state index contributed by atoms with van der Waals surface area (Å²) in [5.74, 6) is -0.369. The zero-order valence-electron chi connectivity index (χ0n) is 15.8. The molecule has 4 aliphatic rings. The molecule has 3 amide bonds. The van der Waals surface area contributed by atoms with E-state index in [0.29, 0.717) is 11.4 Å². The standard InChI is InChI=1S/C23H21N3O3/c27-19(25-17-2-1-11-24-13-17)12-14-3-9-18(10-4-14)26-22(28)20-15-5-6-16(8-7-15)21(20)23(26)29/h1-6,9-11,13,15-16,20-21H,7-8,12H2,(H,25,27). The van der Waals surface area contributed by atoms with Crippen LogP contribution in [0.1, 0.15) is 18.4 Å². The van der Waals surface area contributed by atoms with Gasteiger partial charge in [-0.1, -0.05) is 24.3 Å². The summed E-state index contributed by atoms with van der Waals surface area (Å²) in [7, 11) is 0. The lowest BCUT2D eigenvalue weighted by Crippen LogP contribution is -2.38. The van der Waals surface area contributed by atoms with Gasteiger partial charge < -0.3 is 5.32 Å². The Morgan fingerprint density at radius 2 is 1.66 bits per heavy atom. The van der Waals surface area contributed by atoms with Crippen molar-refractivity contribution >= 4 is 29.1 Å². The number of fused-ring (bicyclic) bond motifs is 1. The zero-order chi connectivity index (χ0) is 20.0. The third kappa shape index (κ3) is 3.05. The lowest BCUT2D eigenvalue weighted by Gasteiger charge is -2.38. The quantitative estimate of drug-likeness (QED) is 0.646. The number of imide groups is 1. The molecule has 1 aromatic carbocycles. The number of nitrogens with one attached hydrogen (secondary N) is 1. The predicted molar refractivity (Wildman–Crippen MR) is 108 cm³/mol. The van der Waals surface area contributed by atoms with E-state index in [1.165, 1.54) is 4.90 Å². The zero-order valence-corrected chi connectivity index (χ0v) is 15.8. The minimum absolute atomic E-state index is 0.0823. The number of carbonyl (C=O) groups is 3. The summed E-state index contributed by atoms with van der Waals surface area (Å²) < 4.78 is 0. The van der Waals surface area contributed by atoms with Crippen molar-refractivity contribution in [2.24, 2.45) is 23.7 Å². The van der Waals surface area contributed by atoms with E-state index in [-0.39, 0.29) is 47.8 Å². The number of benzene rings is 1. The van der Waals surface area contributed by atoms with Gasteiger partial charge in [0.15, 0.2) is 0 Å². The smallest absolute Gasteiger partial charge is 0.238 e. The van der Waals surface area contributed by atoms with E-state index < -0.39 is 0 Å². The monoisotopic (exact) mass is 387 g/mol. The Kier molecular flexibility index (Phi) is 4.27. The highest BCUT2D eigenvalue weighted by molar-refractivity contribution is 6.22. The first-order chi connectivity index (χ1) is 14.1. The second kappa shape index (κ2) is 6.95. The second-order valence-corrected chi connectivity index (χ2v) is 7.99. The molecule has 1 saturated carbocycles. The number of hydrogen-bond donors (Lipinski definition) is 1. The summed E-state index contributed by atoms with van der Waals surface area (Å²) in [5.41, 5.74) is 2.05. The van der Waals surface area contributed by atoms with Gasteiger partial charge in [-0.05, 0) is 54.5 Å². The maximum absolute atomic E-state index is 13.0. The third-order valence-electron chi connectivity index (χ3n) is 6.26. The van der Waals surface area contributed by atoms with Gasteiger partial charge in [0.1, 0.15) is 0 Å².